The first kappa shape index (κ1) is 35.1. The molecule has 43 heavy (non-hydrogen) atoms. The van der Waals surface area contributed by atoms with Gasteiger partial charge in [0, 0.05) is 6.54 Å². The van der Waals surface area contributed by atoms with Crippen LogP contribution in [0, 0.1) is 0 Å². The summed E-state index contributed by atoms with van der Waals surface area (Å²) in [6, 6.07) is 0. The number of aliphatic hydroxyl groups excluding tert-OH is 12. The fourth-order valence-electron chi connectivity index (χ4n) is 5.30. The lowest BCUT2D eigenvalue weighted by Gasteiger charge is -2.48. The van der Waals surface area contributed by atoms with Crippen LogP contribution in [0.4, 0.5) is 0 Å². The maximum absolute atomic E-state index is 10.8. The molecule has 20 nitrogen and oxygen atoms in total. The van der Waals surface area contributed by atoms with Crippen LogP contribution in [0.1, 0.15) is 0 Å². The number of nitrogens with one attached hydrogen (secondary N) is 1. The van der Waals surface area contributed by atoms with Crippen molar-refractivity contribution in [2.24, 2.45) is 0 Å². The lowest BCUT2D eigenvalue weighted by molar-refractivity contribution is -0.384. The summed E-state index contributed by atoms with van der Waals surface area (Å²) >= 11 is 0. The van der Waals surface area contributed by atoms with E-state index in [9.17, 15) is 61.3 Å². The van der Waals surface area contributed by atoms with Crippen LogP contribution in [0.3, 0.4) is 0 Å². The SMILES string of the molecule is OC[C@H]1O[C@@H](O[C@H]2[C@H](O)[C@@H](O)[C@H](O[C@H]3[C@H](O)[C@@H](O)[C@H](O[C@H]4[C@H](O)CNO[C@@H]4CO)O[C@@H]3CO)O[C@@H]2CO)[C@H](O)[C@@H](O)[C@@H]1O. The number of rotatable bonds is 10. The highest BCUT2D eigenvalue weighted by Gasteiger charge is 2.54. The third-order valence-electron chi connectivity index (χ3n) is 7.82. The Hall–Kier alpha value is -0.800. The van der Waals surface area contributed by atoms with E-state index in [-0.39, 0.29) is 6.54 Å². The molecular formula is C23H41NO19. The van der Waals surface area contributed by atoms with E-state index in [4.69, 9.17) is 33.3 Å². The predicted octanol–water partition coefficient (Wildman–Crippen LogP) is -8.92. The van der Waals surface area contributed by atoms with Crippen LogP contribution < -0.4 is 5.48 Å². The van der Waals surface area contributed by atoms with E-state index in [0.29, 0.717) is 0 Å². The van der Waals surface area contributed by atoms with E-state index in [1.54, 1.807) is 0 Å². The third-order valence-corrected chi connectivity index (χ3v) is 7.82. The zero-order valence-corrected chi connectivity index (χ0v) is 22.7. The van der Waals surface area contributed by atoms with Crippen LogP contribution in [0.15, 0.2) is 0 Å². The second-order valence-electron chi connectivity index (χ2n) is 10.7. The van der Waals surface area contributed by atoms with Crippen molar-refractivity contribution in [2.75, 3.05) is 33.0 Å². The highest BCUT2D eigenvalue weighted by molar-refractivity contribution is 4.97. The van der Waals surface area contributed by atoms with Crippen molar-refractivity contribution in [3.05, 3.63) is 0 Å². The molecule has 20 heteroatoms. The van der Waals surface area contributed by atoms with Crippen molar-refractivity contribution in [3.8, 4) is 0 Å². The highest BCUT2D eigenvalue weighted by Crippen LogP contribution is 2.33. The number of hydroxylamine groups is 1. The smallest absolute Gasteiger partial charge is 0.187 e. The first-order valence-corrected chi connectivity index (χ1v) is 13.7. The van der Waals surface area contributed by atoms with Crippen LogP contribution in [0.25, 0.3) is 0 Å². The molecule has 4 heterocycles. The molecule has 13 N–H and O–H groups in total. The Bertz CT molecular complexity index is 855. The molecule has 4 saturated heterocycles. The molecule has 0 unspecified atom stereocenters. The summed E-state index contributed by atoms with van der Waals surface area (Å²) in [6.45, 7) is -3.11. The Morgan fingerprint density at radius 3 is 1.30 bits per heavy atom. The summed E-state index contributed by atoms with van der Waals surface area (Å²) in [7, 11) is 0. The van der Waals surface area contributed by atoms with E-state index in [1.807, 2.05) is 0 Å². The van der Waals surface area contributed by atoms with Crippen molar-refractivity contribution in [2.45, 2.75) is 110 Å². The average Bonchev–Trinajstić information content (AvgIpc) is 3.00. The molecule has 4 aliphatic rings. The van der Waals surface area contributed by atoms with Gasteiger partial charge in [-0.3, -0.25) is 4.84 Å². The Kier molecular flexibility index (Phi) is 12.4. The first-order chi connectivity index (χ1) is 20.5. The molecule has 4 fully saturated rings. The van der Waals surface area contributed by atoms with Crippen LogP contribution in [0.2, 0.25) is 0 Å². The molecule has 18 atom stereocenters. The number of aliphatic hydroxyl groups is 12. The molecule has 0 aromatic heterocycles. The average molecular weight is 636 g/mol. The summed E-state index contributed by atoms with van der Waals surface area (Å²) in [5.74, 6) is 0. The minimum Gasteiger partial charge on any atom is -0.394 e. The van der Waals surface area contributed by atoms with E-state index in [1.165, 1.54) is 0 Å². The molecule has 4 rings (SSSR count). The van der Waals surface area contributed by atoms with Gasteiger partial charge < -0.3 is 89.7 Å². The van der Waals surface area contributed by atoms with E-state index in [2.05, 4.69) is 5.48 Å². The van der Waals surface area contributed by atoms with Gasteiger partial charge in [0.25, 0.3) is 0 Å². The van der Waals surface area contributed by atoms with Gasteiger partial charge in [0.1, 0.15) is 85.5 Å². The zero-order chi connectivity index (χ0) is 31.6. The summed E-state index contributed by atoms with van der Waals surface area (Å²) in [6.07, 6.45) is -29.2. The summed E-state index contributed by atoms with van der Waals surface area (Å²) < 4.78 is 33.0. The summed E-state index contributed by atoms with van der Waals surface area (Å²) in [5, 5.41) is 122. The van der Waals surface area contributed by atoms with Crippen molar-refractivity contribution in [1.29, 1.82) is 0 Å². The molecule has 0 bridgehead atoms. The molecule has 0 saturated carbocycles. The molecule has 0 aliphatic carbocycles. The molecule has 4 aliphatic heterocycles. The lowest BCUT2D eigenvalue weighted by atomic mass is 9.96. The van der Waals surface area contributed by atoms with Crippen LogP contribution in [-0.2, 0) is 33.3 Å². The van der Waals surface area contributed by atoms with Gasteiger partial charge in [0.2, 0.25) is 0 Å². The normalized spacial score (nSPS) is 51.3. The Labute approximate surface area is 244 Å². The second-order valence-corrected chi connectivity index (χ2v) is 10.7. The van der Waals surface area contributed by atoms with Crippen molar-refractivity contribution < 1.29 is 94.5 Å². The predicted molar refractivity (Wildman–Crippen MR) is 130 cm³/mol. The molecule has 0 aromatic rings. The topological polar surface area (TPSA) is 319 Å². The van der Waals surface area contributed by atoms with Gasteiger partial charge >= 0.3 is 0 Å². The van der Waals surface area contributed by atoms with Gasteiger partial charge in [-0.05, 0) is 0 Å². The van der Waals surface area contributed by atoms with Gasteiger partial charge in [-0.15, -0.1) is 0 Å². The fraction of sp³-hybridized carbons (Fsp3) is 1.00. The van der Waals surface area contributed by atoms with Gasteiger partial charge in [0.15, 0.2) is 18.9 Å². The van der Waals surface area contributed by atoms with Crippen LogP contribution in [-0.4, -0.2) is 205 Å². The minimum atomic E-state index is -1.97. The Morgan fingerprint density at radius 2 is 0.860 bits per heavy atom. The minimum absolute atomic E-state index is 0.0892. The molecule has 0 amide bonds. The zero-order valence-electron chi connectivity index (χ0n) is 22.7. The molecule has 0 spiro atoms. The van der Waals surface area contributed by atoms with Crippen molar-refractivity contribution in [1.82, 2.24) is 5.48 Å². The van der Waals surface area contributed by atoms with Gasteiger partial charge in [-0.25, -0.2) is 0 Å². The van der Waals surface area contributed by atoms with E-state index in [0.717, 1.165) is 0 Å². The standard InChI is InChI=1S/C23H41NO19/c25-2-7-11(30)12(31)15(34)21(37-7)41-19-9(4-27)39-23(17(36)14(19)33)42-20-8(3-26)38-22(16(35)13(20)32)40-18-6(29)1-24-43-10(18)5-28/h6-36H,1-5H2/t6-,7-,8-,9-,10-,11-,12+,13-,14-,15-,16-,17-,18+,19-,20-,21+,22+,23+/m1/s1. The maximum atomic E-state index is 10.8. The fourth-order valence-corrected chi connectivity index (χ4v) is 5.30. The number of ether oxygens (including phenoxy) is 6. The van der Waals surface area contributed by atoms with Crippen molar-refractivity contribution in [3.63, 3.8) is 0 Å². The van der Waals surface area contributed by atoms with Gasteiger partial charge in [-0.2, -0.15) is 5.48 Å². The molecule has 0 radical (unpaired) electrons. The number of hydrogen-bond donors (Lipinski definition) is 13. The number of hydrogen-bond acceptors (Lipinski definition) is 20. The largest absolute Gasteiger partial charge is 0.394 e. The Morgan fingerprint density at radius 1 is 0.465 bits per heavy atom. The van der Waals surface area contributed by atoms with E-state index >= 15 is 0 Å². The Balaban J connectivity index is 1.42. The lowest BCUT2D eigenvalue weighted by Crippen LogP contribution is -2.67. The summed E-state index contributed by atoms with van der Waals surface area (Å²) in [5.41, 5.74) is 2.41. The quantitative estimate of drug-likeness (QED) is 0.106. The molecular weight excluding hydrogens is 594 g/mol. The number of β-amino-alcohol motifs (C(OH)–C–C–N with tert-alkyl or cyclic N) is 1. The molecule has 0 aromatic carbocycles. The third kappa shape index (κ3) is 7.29. The monoisotopic (exact) mass is 635 g/mol. The first-order valence-electron chi connectivity index (χ1n) is 13.7. The van der Waals surface area contributed by atoms with Gasteiger partial charge in [-0.1, -0.05) is 0 Å². The van der Waals surface area contributed by atoms with Crippen LogP contribution in [0.5, 0.6) is 0 Å². The van der Waals surface area contributed by atoms with E-state index < -0.39 is 137 Å². The van der Waals surface area contributed by atoms with Gasteiger partial charge in [0.05, 0.1) is 32.5 Å². The maximum Gasteiger partial charge on any atom is 0.187 e. The second kappa shape index (κ2) is 15.2. The highest BCUT2D eigenvalue weighted by atomic mass is 16.8. The van der Waals surface area contributed by atoms with Crippen molar-refractivity contribution >= 4 is 0 Å². The van der Waals surface area contributed by atoms with Crippen LogP contribution >= 0.6 is 0 Å². The summed E-state index contributed by atoms with van der Waals surface area (Å²) in [4.78, 5) is 5.10. The molecule has 252 valence electrons.